The van der Waals surface area contributed by atoms with E-state index in [4.69, 9.17) is 4.98 Å². The molecule has 0 saturated carbocycles. The Morgan fingerprint density at radius 1 is 1.10 bits per heavy atom. The maximum absolute atomic E-state index is 11.5. The van der Waals surface area contributed by atoms with E-state index in [0.717, 1.165) is 27.2 Å². The predicted molar refractivity (Wildman–Crippen MR) is 116 cm³/mol. The van der Waals surface area contributed by atoms with E-state index < -0.39 is 0 Å². The SMILES string of the molecule is CCC(=O)Nc1ccc(Sc2nc(Nc3cc(C)[nH]n3)c3ccccc3n2)cc1. The molecule has 0 spiro atoms. The minimum atomic E-state index is -0.00687. The molecule has 0 aliphatic heterocycles. The minimum absolute atomic E-state index is 0.00687. The van der Waals surface area contributed by atoms with Crippen LogP contribution in [0.25, 0.3) is 10.9 Å². The highest BCUT2D eigenvalue weighted by Crippen LogP contribution is 2.31. The largest absolute Gasteiger partial charge is 0.326 e. The molecule has 0 atom stereocenters. The van der Waals surface area contributed by atoms with Crippen molar-refractivity contribution in [3.63, 3.8) is 0 Å². The Balaban J connectivity index is 1.61. The van der Waals surface area contributed by atoms with Gasteiger partial charge in [0.25, 0.3) is 0 Å². The number of rotatable bonds is 6. The number of fused-ring (bicyclic) bond motifs is 1. The van der Waals surface area contributed by atoms with Crippen LogP contribution in [-0.4, -0.2) is 26.1 Å². The molecule has 3 N–H and O–H groups in total. The topological polar surface area (TPSA) is 95.6 Å². The van der Waals surface area contributed by atoms with Crippen molar-refractivity contribution >= 4 is 45.9 Å². The third-order valence-electron chi connectivity index (χ3n) is 4.20. The number of nitrogens with one attached hydrogen (secondary N) is 3. The highest BCUT2D eigenvalue weighted by atomic mass is 32.2. The first kappa shape index (κ1) is 18.9. The molecule has 2 aromatic heterocycles. The summed E-state index contributed by atoms with van der Waals surface area (Å²) in [6.45, 7) is 3.77. The summed E-state index contributed by atoms with van der Waals surface area (Å²) in [6.07, 6.45) is 0.451. The first-order valence-corrected chi connectivity index (χ1v) is 10.1. The second kappa shape index (κ2) is 8.32. The lowest BCUT2D eigenvalue weighted by Gasteiger charge is -2.09. The fourth-order valence-electron chi connectivity index (χ4n) is 2.76. The van der Waals surface area contributed by atoms with E-state index in [1.54, 1.807) is 0 Å². The highest BCUT2D eigenvalue weighted by molar-refractivity contribution is 7.99. The van der Waals surface area contributed by atoms with E-state index >= 15 is 0 Å². The van der Waals surface area contributed by atoms with E-state index in [1.165, 1.54) is 11.8 Å². The molecule has 0 unspecified atom stereocenters. The van der Waals surface area contributed by atoms with Crippen LogP contribution in [0.3, 0.4) is 0 Å². The molecule has 0 aliphatic rings. The molecular formula is C21H20N6OS. The normalized spacial score (nSPS) is 10.8. The van der Waals surface area contributed by atoms with E-state index in [2.05, 4.69) is 25.8 Å². The summed E-state index contributed by atoms with van der Waals surface area (Å²) in [5, 5.41) is 14.8. The number of amides is 1. The second-order valence-electron chi connectivity index (χ2n) is 6.46. The van der Waals surface area contributed by atoms with Gasteiger partial charge in [0.05, 0.1) is 5.52 Å². The van der Waals surface area contributed by atoms with Gasteiger partial charge in [-0.1, -0.05) is 19.1 Å². The van der Waals surface area contributed by atoms with Crippen LogP contribution in [-0.2, 0) is 4.79 Å². The molecule has 0 fully saturated rings. The van der Waals surface area contributed by atoms with Crippen molar-refractivity contribution in [1.82, 2.24) is 20.2 Å². The first-order chi connectivity index (χ1) is 14.1. The van der Waals surface area contributed by atoms with Crippen LogP contribution in [0, 0.1) is 6.92 Å². The van der Waals surface area contributed by atoms with Gasteiger partial charge in [0.1, 0.15) is 5.82 Å². The van der Waals surface area contributed by atoms with Crippen LogP contribution in [0.15, 0.2) is 64.6 Å². The molecule has 2 heterocycles. The number of hydrogen-bond donors (Lipinski definition) is 3. The number of H-pyrrole nitrogens is 1. The van der Waals surface area contributed by atoms with Crippen LogP contribution in [0.2, 0.25) is 0 Å². The van der Waals surface area contributed by atoms with Gasteiger partial charge in [-0.3, -0.25) is 9.89 Å². The van der Waals surface area contributed by atoms with Crippen molar-refractivity contribution in [2.24, 2.45) is 0 Å². The monoisotopic (exact) mass is 404 g/mol. The molecule has 0 bridgehead atoms. The first-order valence-electron chi connectivity index (χ1n) is 9.24. The van der Waals surface area contributed by atoms with Gasteiger partial charge in [-0.2, -0.15) is 5.10 Å². The Morgan fingerprint density at radius 2 is 1.90 bits per heavy atom. The molecule has 7 nitrogen and oxygen atoms in total. The number of benzene rings is 2. The summed E-state index contributed by atoms with van der Waals surface area (Å²) in [7, 11) is 0. The Bertz CT molecular complexity index is 1160. The molecular weight excluding hydrogens is 384 g/mol. The molecule has 0 aliphatic carbocycles. The van der Waals surface area contributed by atoms with Gasteiger partial charge < -0.3 is 10.6 Å². The zero-order chi connectivity index (χ0) is 20.2. The molecule has 8 heteroatoms. The van der Waals surface area contributed by atoms with Crippen LogP contribution in [0.5, 0.6) is 0 Å². The Labute approximate surface area is 172 Å². The zero-order valence-electron chi connectivity index (χ0n) is 16.1. The number of carbonyl (C=O) groups excluding carboxylic acids is 1. The summed E-state index contributed by atoms with van der Waals surface area (Å²) >= 11 is 1.46. The standard InChI is InChI=1S/C21H20N6OS/c1-3-19(28)22-14-8-10-15(11-9-14)29-21-23-17-7-5-4-6-16(17)20(25-21)24-18-12-13(2)26-27-18/h4-12H,3H2,1-2H3,(H,22,28)(H2,23,24,25,26,27). The van der Waals surface area contributed by atoms with Crippen molar-refractivity contribution in [2.45, 2.75) is 30.3 Å². The van der Waals surface area contributed by atoms with Crippen LogP contribution in [0.4, 0.5) is 17.3 Å². The van der Waals surface area contributed by atoms with Crippen molar-refractivity contribution in [2.75, 3.05) is 10.6 Å². The number of nitrogens with zero attached hydrogens (tertiary/aromatic N) is 3. The number of carbonyl (C=O) groups is 1. The Morgan fingerprint density at radius 3 is 2.62 bits per heavy atom. The van der Waals surface area contributed by atoms with E-state index in [9.17, 15) is 4.79 Å². The average Bonchev–Trinajstić information content (AvgIpc) is 3.14. The van der Waals surface area contributed by atoms with E-state index in [1.807, 2.05) is 68.4 Å². The molecule has 146 valence electrons. The number of para-hydroxylation sites is 1. The molecule has 4 aromatic rings. The summed E-state index contributed by atoms with van der Waals surface area (Å²) in [6, 6.07) is 17.4. The minimum Gasteiger partial charge on any atom is -0.326 e. The fourth-order valence-corrected chi connectivity index (χ4v) is 3.52. The summed E-state index contributed by atoms with van der Waals surface area (Å²) in [5.41, 5.74) is 2.60. The lowest BCUT2D eigenvalue weighted by atomic mass is 10.2. The smallest absolute Gasteiger partial charge is 0.224 e. The molecule has 1 amide bonds. The molecule has 2 aromatic carbocycles. The second-order valence-corrected chi connectivity index (χ2v) is 7.50. The van der Waals surface area contributed by atoms with E-state index in [-0.39, 0.29) is 5.91 Å². The van der Waals surface area contributed by atoms with Crippen LogP contribution >= 0.6 is 11.8 Å². The van der Waals surface area contributed by atoms with Gasteiger partial charge in [0.2, 0.25) is 5.91 Å². The van der Waals surface area contributed by atoms with Gasteiger partial charge in [-0.05, 0) is 55.1 Å². The van der Waals surface area contributed by atoms with Gasteiger partial charge >= 0.3 is 0 Å². The van der Waals surface area contributed by atoms with Gasteiger partial charge in [-0.15, -0.1) is 0 Å². The average molecular weight is 404 g/mol. The maximum Gasteiger partial charge on any atom is 0.224 e. The lowest BCUT2D eigenvalue weighted by Crippen LogP contribution is -2.08. The van der Waals surface area contributed by atoms with Gasteiger partial charge in [0.15, 0.2) is 11.0 Å². The van der Waals surface area contributed by atoms with Crippen molar-refractivity contribution in [3.05, 3.63) is 60.3 Å². The molecule has 0 saturated heterocycles. The predicted octanol–water partition coefficient (Wildman–Crippen LogP) is 4.90. The molecule has 29 heavy (non-hydrogen) atoms. The van der Waals surface area contributed by atoms with Gasteiger partial charge in [0, 0.05) is 34.2 Å². The quantitative estimate of drug-likeness (QED) is 0.395. The molecule has 0 radical (unpaired) electrons. The third kappa shape index (κ3) is 4.55. The summed E-state index contributed by atoms with van der Waals surface area (Å²) < 4.78 is 0. The Kier molecular flexibility index (Phi) is 5.44. The maximum atomic E-state index is 11.5. The van der Waals surface area contributed by atoms with Crippen molar-refractivity contribution in [3.8, 4) is 0 Å². The summed E-state index contributed by atoms with van der Waals surface area (Å²) in [4.78, 5) is 21.9. The summed E-state index contributed by atoms with van der Waals surface area (Å²) in [5.74, 6) is 1.40. The van der Waals surface area contributed by atoms with Gasteiger partial charge in [-0.25, -0.2) is 9.97 Å². The number of aromatic amines is 1. The van der Waals surface area contributed by atoms with Crippen LogP contribution < -0.4 is 10.6 Å². The number of hydrogen-bond acceptors (Lipinski definition) is 6. The van der Waals surface area contributed by atoms with E-state index in [0.29, 0.717) is 23.2 Å². The zero-order valence-corrected chi connectivity index (χ0v) is 16.9. The van der Waals surface area contributed by atoms with Crippen LogP contribution in [0.1, 0.15) is 19.0 Å². The Hall–Kier alpha value is -3.39. The lowest BCUT2D eigenvalue weighted by molar-refractivity contribution is -0.115. The number of aromatic nitrogens is 4. The number of anilines is 3. The highest BCUT2D eigenvalue weighted by Gasteiger charge is 2.11. The van der Waals surface area contributed by atoms with Crippen molar-refractivity contribution < 1.29 is 4.79 Å². The third-order valence-corrected chi connectivity index (χ3v) is 5.08. The number of aryl methyl sites for hydroxylation is 1. The molecule has 4 rings (SSSR count). The fraction of sp³-hybridized carbons (Fsp3) is 0.143. The van der Waals surface area contributed by atoms with Crippen molar-refractivity contribution in [1.29, 1.82) is 0 Å².